The molecule has 5 rings (SSSR count). The van der Waals surface area contributed by atoms with Crippen LogP contribution in [-0.4, -0.2) is 36.0 Å². The molecule has 1 aliphatic carbocycles. The Morgan fingerprint density at radius 3 is 2.77 bits per heavy atom. The Balaban J connectivity index is 1.81. The van der Waals surface area contributed by atoms with Gasteiger partial charge < -0.3 is 4.74 Å². The first kappa shape index (κ1) is 19.1. The predicted molar refractivity (Wildman–Crippen MR) is 119 cm³/mol. The van der Waals surface area contributed by atoms with Crippen LogP contribution in [0.1, 0.15) is 18.5 Å². The van der Waals surface area contributed by atoms with Gasteiger partial charge in [0, 0.05) is 33.3 Å². The first-order valence-corrected chi connectivity index (χ1v) is 11.9. The number of anilines is 1. The highest BCUT2D eigenvalue weighted by Gasteiger charge is 2.36. The number of ether oxygens (including phenoxy) is 1. The van der Waals surface area contributed by atoms with Gasteiger partial charge in [0.2, 0.25) is 10.0 Å². The maximum Gasteiger partial charge on any atom is 0.235 e. The molecule has 0 atom stereocenters. The fourth-order valence-electron chi connectivity index (χ4n) is 3.55. The molecule has 7 nitrogen and oxygen atoms in total. The van der Waals surface area contributed by atoms with Gasteiger partial charge in [-0.05, 0) is 43.5 Å². The maximum atomic E-state index is 12.7. The number of aryl methyl sites for hydroxylation is 1. The number of aromatic nitrogens is 3. The van der Waals surface area contributed by atoms with E-state index in [2.05, 4.69) is 14.9 Å². The van der Waals surface area contributed by atoms with Crippen LogP contribution in [0.3, 0.4) is 0 Å². The van der Waals surface area contributed by atoms with E-state index in [4.69, 9.17) is 9.72 Å². The summed E-state index contributed by atoms with van der Waals surface area (Å²) in [5.41, 5.74) is 4.08. The Hall–Kier alpha value is -2.91. The largest absolute Gasteiger partial charge is 0.497 e. The second kappa shape index (κ2) is 7.10. The first-order valence-electron chi connectivity index (χ1n) is 9.55. The van der Waals surface area contributed by atoms with Crippen LogP contribution in [0.25, 0.3) is 31.8 Å². The molecule has 4 aromatic rings. The minimum atomic E-state index is -3.42. The van der Waals surface area contributed by atoms with E-state index in [9.17, 15) is 8.42 Å². The van der Waals surface area contributed by atoms with Crippen molar-refractivity contribution in [3.8, 4) is 27.3 Å². The second-order valence-electron chi connectivity index (χ2n) is 7.36. The van der Waals surface area contributed by atoms with Crippen molar-refractivity contribution in [3.63, 3.8) is 0 Å². The highest BCUT2D eigenvalue weighted by atomic mass is 32.2. The summed E-state index contributed by atoms with van der Waals surface area (Å²) in [5, 5.41) is 7.43. The molecule has 30 heavy (non-hydrogen) atoms. The monoisotopic (exact) mass is 440 g/mol. The summed E-state index contributed by atoms with van der Waals surface area (Å²) >= 11 is 1.52. The lowest BCUT2D eigenvalue weighted by Gasteiger charge is -2.12. The number of sulfonamides is 1. The number of pyridine rings is 1. The molecule has 154 valence electrons. The molecule has 0 saturated heterocycles. The van der Waals surface area contributed by atoms with Crippen molar-refractivity contribution in [3.05, 3.63) is 48.4 Å². The number of rotatable bonds is 6. The van der Waals surface area contributed by atoms with Gasteiger partial charge in [-0.15, -0.1) is 11.3 Å². The highest BCUT2D eigenvalue weighted by molar-refractivity contribution is 7.93. The normalized spacial score (nSPS) is 14.2. The fourth-order valence-corrected chi connectivity index (χ4v) is 6.19. The third kappa shape index (κ3) is 3.33. The van der Waals surface area contributed by atoms with Gasteiger partial charge in [-0.1, -0.05) is 12.1 Å². The lowest BCUT2D eigenvalue weighted by atomic mass is 9.99. The molecule has 9 heteroatoms. The number of fused-ring (bicyclic) bond motifs is 1. The van der Waals surface area contributed by atoms with Gasteiger partial charge in [0.05, 0.1) is 24.2 Å². The lowest BCUT2D eigenvalue weighted by molar-refractivity contribution is 0.415. The summed E-state index contributed by atoms with van der Waals surface area (Å²) in [6, 6.07) is 9.55. The van der Waals surface area contributed by atoms with Gasteiger partial charge >= 0.3 is 0 Å². The molecule has 3 aromatic heterocycles. The van der Waals surface area contributed by atoms with Crippen molar-refractivity contribution in [2.45, 2.75) is 25.0 Å². The topological polar surface area (TPSA) is 97.0 Å². The molecule has 1 fully saturated rings. The molecule has 0 amide bonds. The summed E-state index contributed by atoms with van der Waals surface area (Å²) in [7, 11) is -1.79. The van der Waals surface area contributed by atoms with E-state index in [0.717, 1.165) is 43.2 Å². The van der Waals surface area contributed by atoms with Crippen molar-refractivity contribution in [1.29, 1.82) is 0 Å². The number of aromatic amines is 1. The van der Waals surface area contributed by atoms with Crippen LogP contribution >= 0.6 is 11.3 Å². The van der Waals surface area contributed by atoms with Crippen LogP contribution in [0.5, 0.6) is 5.75 Å². The summed E-state index contributed by atoms with van der Waals surface area (Å²) < 4.78 is 33.7. The third-order valence-corrected chi connectivity index (χ3v) is 8.11. The Morgan fingerprint density at radius 1 is 1.23 bits per heavy atom. The average molecular weight is 441 g/mol. The van der Waals surface area contributed by atoms with Crippen LogP contribution < -0.4 is 9.46 Å². The molecule has 2 N–H and O–H groups in total. The molecule has 3 heterocycles. The fraction of sp³-hybridized carbons (Fsp3) is 0.238. The Morgan fingerprint density at radius 2 is 2.07 bits per heavy atom. The van der Waals surface area contributed by atoms with Crippen LogP contribution in [0.2, 0.25) is 0 Å². The molecule has 0 radical (unpaired) electrons. The maximum absolute atomic E-state index is 12.7. The van der Waals surface area contributed by atoms with Crippen LogP contribution in [0.4, 0.5) is 5.69 Å². The number of methoxy groups -OCH3 is 1. The van der Waals surface area contributed by atoms with E-state index >= 15 is 0 Å². The minimum absolute atomic E-state index is 0.312. The molecule has 1 aromatic carbocycles. The number of nitrogens with zero attached hydrogens (tertiary/aromatic N) is 2. The van der Waals surface area contributed by atoms with Crippen molar-refractivity contribution in [1.82, 2.24) is 15.2 Å². The molecule has 0 aliphatic heterocycles. The third-order valence-electron chi connectivity index (χ3n) is 5.12. The number of H-pyrrole nitrogens is 1. The quantitative estimate of drug-likeness (QED) is 0.458. The molecule has 0 bridgehead atoms. The summed E-state index contributed by atoms with van der Waals surface area (Å²) in [5.74, 6) is 0.727. The zero-order chi connectivity index (χ0) is 20.9. The average Bonchev–Trinajstić information content (AvgIpc) is 3.32. The Kier molecular flexibility index (Phi) is 4.52. The molecule has 0 spiro atoms. The van der Waals surface area contributed by atoms with Crippen LogP contribution in [0.15, 0.2) is 42.7 Å². The minimum Gasteiger partial charge on any atom is -0.497 e. The van der Waals surface area contributed by atoms with Crippen molar-refractivity contribution < 1.29 is 13.2 Å². The standard InChI is InChI=1S/C21H20N4O3S2/c1-12-8-17(25-30(26,27)16-6-7-16)19-18(13-4-3-5-15(9-13)28-2)20(29-21(19)24-12)14-10-22-23-11-14/h3-5,8-11,16H,6-7H2,1-2H3,(H,22,23)(H,24,25). The Bertz CT molecular complexity index is 1340. The van der Waals surface area contributed by atoms with Crippen LogP contribution in [-0.2, 0) is 10.0 Å². The first-order chi connectivity index (χ1) is 14.5. The van der Waals surface area contributed by atoms with E-state index in [1.807, 2.05) is 37.4 Å². The SMILES string of the molecule is COc1cccc(-c2c(-c3cn[nH]c3)sc3nc(C)cc(NS(=O)(=O)C4CC4)c23)c1. The summed E-state index contributed by atoms with van der Waals surface area (Å²) in [4.78, 5) is 6.45. The van der Waals surface area contributed by atoms with E-state index < -0.39 is 10.0 Å². The highest BCUT2D eigenvalue weighted by Crippen LogP contribution is 2.47. The molecule has 1 saturated carbocycles. The Labute approximate surface area is 178 Å². The van der Waals surface area contributed by atoms with Crippen molar-refractivity contribution in [2.75, 3.05) is 11.8 Å². The molecular formula is C21H20N4O3S2. The van der Waals surface area contributed by atoms with Crippen LogP contribution in [0, 0.1) is 6.92 Å². The zero-order valence-corrected chi connectivity index (χ0v) is 18.1. The van der Waals surface area contributed by atoms with Gasteiger partial charge in [0.25, 0.3) is 0 Å². The number of thiophene rings is 1. The van der Waals surface area contributed by atoms with Gasteiger partial charge in [-0.3, -0.25) is 9.82 Å². The van der Waals surface area contributed by atoms with Gasteiger partial charge in [-0.2, -0.15) is 5.10 Å². The predicted octanol–water partition coefficient (Wildman–Crippen LogP) is 4.57. The van der Waals surface area contributed by atoms with E-state index in [1.165, 1.54) is 11.3 Å². The molecule has 1 aliphatic rings. The number of hydrogen-bond donors (Lipinski definition) is 2. The van der Waals surface area contributed by atoms with E-state index in [1.54, 1.807) is 19.4 Å². The van der Waals surface area contributed by atoms with Gasteiger partial charge in [-0.25, -0.2) is 13.4 Å². The van der Waals surface area contributed by atoms with Gasteiger partial charge in [0.1, 0.15) is 10.6 Å². The molecular weight excluding hydrogens is 420 g/mol. The van der Waals surface area contributed by atoms with E-state index in [-0.39, 0.29) is 5.25 Å². The number of hydrogen-bond acceptors (Lipinski definition) is 6. The smallest absolute Gasteiger partial charge is 0.235 e. The van der Waals surface area contributed by atoms with E-state index in [0.29, 0.717) is 18.5 Å². The second-order valence-corrected chi connectivity index (χ2v) is 10.3. The number of nitrogens with one attached hydrogen (secondary N) is 2. The summed E-state index contributed by atoms with van der Waals surface area (Å²) in [6.45, 7) is 1.87. The zero-order valence-electron chi connectivity index (χ0n) is 16.5. The van der Waals surface area contributed by atoms with Crippen molar-refractivity contribution in [2.24, 2.45) is 0 Å². The van der Waals surface area contributed by atoms with Gasteiger partial charge in [0.15, 0.2) is 0 Å². The lowest BCUT2D eigenvalue weighted by Crippen LogP contribution is -2.17. The summed E-state index contributed by atoms with van der Waals surface area (Å²) in [6.07, 6.45) is 4.99. The van der Waals surface area contributed by atoms with Crippen molar-refractivity contribution >= 4 is 37.3 Å². The number of benzene rings is 1. The molecule has 0 unspecified atom stereocenters.